The fourth-order valence-electron chi connectivity index (χ4n) is 0.620. The first-order valence-corrected chi connectivity index (χ1v) is 9.31. The zero-order valence-corrected chi connectivity index (χ0v) is 9.06. The Bertz CT molecular complexity index is 275. The molecule has 1 nitrogen and oxygen atoms in total. The molecule has 0 aromatic heterocycles. The molecule has 0 spiro atoms. The molecule has 0 saturated carbocycles. The second kappa shape index (κ2) is 4.15. The maximum absolute atomic E-state index is 8.46. The van der Waals surface area contributed by atoms with Crippen LogP contribution in [0.2, 0.25) is 0 Å². The minimum absolute atomic E-state index is 0.639. The van der Waals surface area contributed by atoms with Crippen LogP contribution in [0.4, 0.5) is 0 Å². The van der Waals surface area contributed by atoms with Crippen molar-refractivity contribution in [2.24, 2.45) is 0 Å². The van der Waals surface area contributed by atoms with Crippen molar-refractivity contribution in [2.75, 3.05) is 0 Å². The molecular weight excluding hydrogens is 296 g/mol. The summed E-state index contributed by atoms with van der Waals surface area (Å²) in [6.07, 6.45) is 0. The Morgan fingerprint density at radius 1 is 1.18 bits per heavy atom. The summed E-state index contributed by atoms with van der Waals surface area (Å²) in [7, 11) is 11.5. The summed E-state index contributed by atoms with van der Waals surface area (Å²) < 4.78 is 0.969. The summed E-state index contributed by atoms with van der Waals surface area (Å²) >= 11 is -1.88. The van der Waals surface area contributed by atoms with Gasteiger partial charge in [-0.15, -0.1) is 0 Å². The van der Waals surface area contributed by atoms with E-state index in [-0.39, 0.29) is 0 Å². The van der Waals surface area contributed by atoms with E-state index in [1.54, 1.807) is 12.1 Å². The Labute approximate surface area is 79.7 Å². The SMILES string of the molecule is N#Cc1ccc(I(Cl)Cl)cc1. The van der Waals surface area contributed by atoms with Crippen molar-refractivity contribution in [1.82, 2.24) is 0 Å². The average Bonchev–Trinajstić information content (AvgIpc) is 2.05. The van der Waals surface area contributed by atoms with Crippen molar-refractivity contribution >= 4 is 35.4 Å². The van der Waals surface area contributed by atoms with Gasteiger partial charge in [-0.2, -0.15) is 0 Å². The van der Waals surface area contributed by atoms with E-state index in [1.807, 2.05) is 18.2 Å². The molecule has 0 aliphatic rings. The van der Waals surface area contributed by atoms with Crippen LogP contribution in [0, 0.1) is 14.9 Å². The van der Waals surface area contributed by atoms with Gasteiger partial charge in [-0.25, -0.2) is 0 Å². The zero-order valence-electron chi connectivity index (χ0n) is 5.39. The van der Waals surface area contributed by atoms with Gasteiger partial charge in [-0.3, -0.25) is 0 Å². The van der Waals surface area contributed by atoms with E-state index in [4.69, 9.17) is 23.1 Å². The van der Waals surface area contributed by atoms with Crippen molar-refractivity contribution < 1.29 is 0 Å². The molecule has 0 fully saturated rings. The van der Waals surface area contributed by atoms with Gasteiger partial charge in [0.05, 0.1) is 0 Å². The quantitative estimate of drug-likeness (QED) is 0.728. The molecule has 0 amide bonds. The van der Waals surface area contributed by atoms with Crippen molar-refractivity contribution in [3.63, 3.8) is 0 Å². The first-order chi connectivity index (χ1) is 5.24. The Morgan fingerprint density at radius 2 is 1.73 bits per heavy atom. The summed E-state index contributed by atoms with van der Waals surface area (Å²) in [6, 6.07) is 9.10. The number of hydrogen-bond donors (Lipinski definition) is 0. The number of halogens is 3. The molecule has 0 N–H and O–H groups in total. The van der Waals surface area contributed by atoms with E-state index in [9.17, 15) is 0 Å². The number of nitrogens with zero attached hydrogens (tertiary/aromatic N) is 1. The first-order valence-electron chi connectivity index (χ1n) is 2.77. The van der Waals surface area contributed by atoms with Crippen LogP contribution in [0.15, 0.2) is 24.3 Å². The van der Waals surface area contributed by atoms with Crippen LogP contribution >= 0.6 is 35.4 Å². The third-order valence-corrected chi connectivity index (χ3v) is 5.01. The van der Waals surface area contributed by atoms with Crippen LogP contribution in [0.5, 0.6) is 0 Å². The zero-order chi connectivity index (χ0) is 8.27. The van der Waals surface area contributed by atoms with E-state index in [0.717, 1.165) is 3.57 Å². The van der Waals surface area contributed by atoms with Gasteiger partial charge in [0.15, 0.2) is 0 Å². The van der Waals surface area contributed by atoms with Crippen LogP contribution in [0.3, 0.4) is 0 Å². The molecule has 0 unspecified atom stereocenters. The van der Waals surface area contributed by atoms with Crippen molar-refractivity contribution in [1.29, 1.82) is 5.26 Å². The summed E-state index contributed by atoms with van der Waals surface area (Å²) in [5.41, 5.74) is 0.639. The topological polar surface area (TPSA) is 23.8 Å². The van der Waals surface area contributed by atoms with E-state index in [2.05, 4.69) is 0 Å². The van der Waals surface area contributed by atoms with Crippen LogP contribution in [-0.2, 0) is 0 Å². The minimum atomic E-state index is -1.88. The molecule has 0 heterocycles. The van der Waals surface area contributed by atoms with Gasteiger partial charge in [-0.05, 0) is 0 Å². The molecular formula is C7H4Cl2IN. The van der Waals surface area contributed by atoms with Crippen LogP contribution in [0.25, 0.3) is 0 Å². The molecule has 0 aliphatic carbocycles. The van der Waals surface area contributed by atoms with E-state index in [0.29, 0.717) is 5.56 Å². The molecule has 0 radical (unpaired) electrons. The Hall–Kier alpha value is 0.0200. The average molecular weight is 300 g/mol. The normalized spacial score (nSPS) is 10.5. The maximum atomic E-state index is 8.46. The van der Waals surface area contributed by atoms with Gasteiger partial charge in [0.2, 0.25) is 0 Å². The van der Waals surface area contributed by atoms with Gasteiger partial charge in [0.1, 0.15) is 0 Å². The van der Waals surface area contributed by atoms with Crippen molar-refractivity contribution in [3.05, 3.63) is 33.4 Å². The molecule has 0 bridgehead atoms. The fourth-order valence-corrected chi connectivity index (χ4v) is 2.80. The van der Waals surface area contributed by atoms with Gasteiger partial charge in [0, 0.05) is 0 Å². The predicted molar refractivity (Wildman–Crippen MR) is 55.6 cm³/mol. The number of hydrogen-bond acceptors (Lipinski definition) is 1. The van der Waals surface area contributed by atoms with Crippen molar-refractivity contribution in [2.45, 2.75) is 0 Å². The molecule has 4 heteroatoms. The Balaban J connectivity index is 2.94. The van der Waals surface area contributed by atoms with Gasteiger partial charge in [-0.1, -0.05) is 0 Å². The fraction of sp³-hybridized carbons (Fsp3) is 0. The van der Waals surface area contributed by atoms with E-state index < -0.39 is 17.6 Å². The van der Waals surface area contributed by atoms with Crippen LogP contribution < -0.4 is 0 Å². The van der Waals surface area contributed by atoms with Crippen LogP contribution in [-0.4, -0.2) is 0 Å². The van der Waals surface area contributed by atoms with Crippen LogP contribution in [0.1, 0.15) is 5.56 Å². The second-order valence-electron chi connectivity index (χ2n) is 1.82. The summed E-state index contributed by atoms with van der Waals surface area (Å²) in [5.74, 6) is 0. The molecule has 1 aromatic rings. The number of nitriles is 1. The van der Waals surface area contributed by atoms with E-state index in [1.165, 1.54) is 0 Å². The number of rotatable bonds is 1. The predicted octanol–water partition coefficient (Wildman–Crippen LogP) is 3.54. The van der Waals surface area contributed by atoms with E-state index >= 15 is 0 Å². The standard InChI is InChI=1S/C7H4Cl2IN/c8-10(9)7-3-1-6(5-11)2-4-7/h1-4H. The van der Waals surface area contributed by atoms with Crippen molar-refractivity contribution in [3.8, 4) is 6.07 Å². The third kappa shape index (κ3) is 2.51. The monoisotopic (exact) mass is 299 g/mol. The molecule has 0 atom stereocenters. The molecule has 11 heavy (non-hydrogen) atoms. The molecule has 1 aromatic carbocycles. The summed E-state index contributed by atoms with van der Waals surface area (Å²) in [6.45, 7) is 0. The molecule has 0 saturated heterocycles. The third-order valence-electron chi connectivity index (χ3n) is 1.14. The number of benzene rings is 1. The molecule has 0 aliphatic heterocycles. The second-order valence-corrected chi connectivity index (χ2v) is 9.00. The molecule has 1 rings (SSSR count). The van der Waals surface area contributed by atoms with Gasteiger partial charge >= 0.3 is 80.1 Å². The van der Waals surface area contributed by atoms with Gasteiger partial charge < -0.3 is 0 Å². The summed E-state index contributed by atoms with van der Waals surface area (Å²) in [4.78, 5) is 0. The van der Waals surface area contributed by atoms with Gasteiger partial charge in [0.25, 0.3) is 0 Å². The first kappa shape index (κ1) is 9.11. The Kier molecular flexibility index (Phi) is 3.44. The Morgan fingerprint density at radius 3 is 2.09 bits per heavy atom. The summed E-state index contributed by atoms with van der Waals surface area (Å²) in [5, 5.41) is 8.46. The molecule has 58 valence electrons.